The third kappa shape index (κ3) is 3.48. The molecule has 0 fully saturated rings. The minimum atomic E-state index is -0.300. The summed E-state index contributed by atoms with van der Waals surface area (Å²) >= 11 is 0. The zero-order valence-electron chi connectivity index (χ0n) is 10.8. The third-order valence-electron chi connectivity index (χ3n) is 2.44. The highest BCUT2D eigenvalue weighted by Crippen LogP contribution is 2.21. The number of anilines is 1. The van der Waals surface area contributed by atoms with Crippen LogP contribution in [0.5, 0.6) is 0 Å². The van der Waals surface area contributed by atoms with Crippen molar-refractivity contribution < 1.29 is 9.53 Å². The number of hydrogen-bond acceptors (Lipinski definition) is 3. The average molecular weight is 245 g/mol. The Morgan fingerprint density at radius 2 is 1.89 bits per heavy atom. The van der Waals surface area contributed by atoms with Crippen molar-refractivity contribution in [3.63, 3.8) is 0 Å². The maximum absolute atomic E-state index is 11.9. The molecule has 0 aliphatic carbocycles. The van der Waals surface area contributed by atoms with Crippen LogP contribution in [0.15, 0.2) is 49.6 Å². The Balaban J connectivity index is 3.08. The van der Waals surface area contributed by atoms with Gasteiger partial charge in [-0.25, -0.2) is 4.79 Å². The number of hydrogen-bond donors (Lipinski definition) is 0. The Morgan fingerprint density at radius 3 is 2.44 bits per heavy atom. The normalized spacial score (nSPS) is 9.61. The van der Waals surface area contributed by atoms with Crippen molar-refractivity contribution in [2.45, 2.75) is 6.92 Å². The molecule has 0 atom stereocenters. The van der Waals surface area contributed by atoms with Crippen LogP contribution in [0.25, 0.3) is 0 Å². The van der Waals surface area contributed by atoms with E-state index in [1.165, 1.54) is 0 Å². The zero-order chi connectivity index (χ0) is 13.4. The molecule has 18 heavy (non-hydrogen) atoms. The van der Waals surface area contributed by atoms with E-state index in [1.807, 2.05) is 23.1 Å². The predicted octanol–water partition coefficient (Wildman–Crippen LogP) is 3.04. The number of para-hydroxylation sites is 1. The van der Waals surface area contributed by atoms with Crippen molar-refractivity contribution in [2.75, 3.05) is 24.6 Å². The van der Waals surface area contributed by atoms with Crippen molar-refractivity contribution in [1.29, 1.82) is 0 Å². The van der Waals surface area contributed by atoms with Gasteiger partial charge in [-0.15, -0.1) is 13.2 Å². The summed E-state index contributed by atoms with van der Waals surface area (Å²) in [6, 6.07) is 7.40. The van der Waals surface area contributed by atoms with Crippen LogP contribution in [0, 0.1) is 0 Å². The summed E-state index contributed by atoms with van der Waals surface area (Å²) in [5, 5.41) is 0. The zero-order valence-corrected chi connectivity index (χ0v) is 10.8. The van der Waals surface area contributed by atoms with Gasteiger partial charge in [-0.1, -0.05) is 24.3 Å². The van der Waals surface area contributed by atoms with Gasteiger partial charge in [-0.2, -0.15) is 0 Å². The topological polar surface area (TPSA) is 29.5 Å². The monoisotopic (exact) mass is 245 g/mol. The first kappa shape index (κ1) is 14.0. The van der Waals surface area contributed by atoms with E-state index in [0.717, 1.165) is 5.69 Å². The molecule has 0 radical (unpaired) electrons. The van der Waals surface area contributed by atoms with Crippen LogP contribution in [0.3, 0.4) is 0 Å². The minimum absolute atomic E-state index is 0.300. The van der Waals surface area contributed by atoms with Gasteiger partial charge in [0.25, 0.3) is 0 Å². The van der Waals surface area contributed by atoms with Crippen LogP contribution in [-0.2, 0) is 4.74 Å². The smallest absolute Gasteiger partial charge is 0.340 e. The lowest BCUT2D eigenvalue weighted by Gasteiger charge is -2.23. The summed E-state index contributed by atoms with van der Waals surface area (Å²) in [5.41, 5.74) is 1.42. The first-order valence-electron chi connectivity index (χ1n) is 5.97. The molecule has 1 rings (SSSR count). The fourth-order valence-electron chi connectivity index (χ4n) is 1.71. The molecule has 0 unspecified atom stereocenters. The third-order valence-corrected chi connectivity index (χ3v) is 2.44. The molecule has 0 saturated carbocycles. The van der Waals surface area contributed by atoms with Gasteiger partial charge in [0.1, 0.15) is 0 Å². The standard InChI is InChI=1S/C15H19NO2/c1-4-11-16(12-5-2)14-10-8-7-9-13(14)15(17)18-6-3/h4-5,7-10H,1-2,6,11-12H2,3H3. The minimum Gasteiger partial charge on any atom is -0.462 e. The second-order valence-electron chi connectivity index (χ2n) is 3.72. The van der Waals surface area contributed by atoms with Crippen LogP contribution >= 0.6 is 0 Å². The molecule has 0 aromatic heterocycles. The van der Waals surface area contributed by atoms with Gasteiger partial charge in [-0.05, 0) is 19.1 Å². The average Bonchev–Trinajstić information content (AvgIpc) is 2.39. The van der Waals surface area contributed by atoms with Crippen molar-refractivity contribution in [1.82, 2.24) is 0 Å². The summed E-state index contributed by atoms with van der Waals surface area (Å²) in [7, 11) is 0. The highest BCUT2D eigenvalue weighted by Gasteiger charge is 2.15. The molecule has 3 heteroatoms. The van der Waals surface area contributed by atoms with Gasteiger partial charge >= 0.3 is 5.97 Å². The Morgan fingerprint density at radius 1 is 1.28 bits per heavy atom. The van der Waals surface area contributed by atoms with Gasteiger partial charge in [0.05, 0.1) is 17.9 Å². The lowest BCUT2D eigenvalue weighted by atomic mass is 10.1. The number of nitrogens with zero attached hydrogens (tertiary/aromatic N) is 1. The number of carbonyl (C=O) groups excluding carboxylic acids is 1. The fourth-order valence-corrected chi connectivity index (χ4v) is 1.71. The predicted molar refractivity (Wildman–Crippen MR) is 75.0 cm³/mol. The first-order valence-corrected chi connectivity index (χ1v) is 5.97. The van der Waals surface area contributed by atoms with E-state index in [0.29, 0.717) is 25.3 Å². The Kier molecular flexibility index (Phi) is 5.71. The summed E-state index contributed by atoms with van der Waals surface area (Å²) < 4.78 is 5.06. The summed E-state index contributed by atoms with van der Waals surface area (Å²) in [4.78, 5) is 13.9. The summed E-state index contributed by atoms with van der Waals surface area (Å²) in [6.07, 6.45) is 3.59. The van der Waals surface area contributed by atoms with Crippen molar-refractivity contribution in [3.8, 4) is 0 Å². The molecule has 0 aliphatic rings. The molecule has 0 bridgehead atoms. The van der Waals surface area contributed by atoms with Crippen molar-refractivity contribution >= 4 is 11.7 Å². The molecule has 96 valence electrons. The van der Waals surface area contributed by atoms with Crippen LogP contribution in [0.1, 0.15) is 17.3 Å². The largest absolute Gasteiger partial charge is 0.462 e. The number of rotatable bonds is 7. The van der Waals surface area contributed by atoms with Gasteiger partial charge in [0.2, 0.25) is 0 Å². The molecular weight excluding hydrogens is 226 g/mol. The molecule has 0 heterocycles. The summed E-state index contributed by atoms with van der Waals surface area (Å²) in [6.45, 7) is 10.9. The number of carbonyl (C=O) groups is 1. The molecule has 0 aliphatic heterocycles. The molecular formula is C15H19NO2. The van der Waals surface area contributed by atoms with Crippen LogP contribution in [-0.4, -0.2) is 25.7 Å². The lowest BCUT2D eigenvalue weighted by molar-refractivity contribution is 0.0527. The number of esters is 1. The fraction of sp³-hybridized carbons (Fsp3) is 0.267. The van der Waals surface area contributed by atoms with Gasteiger partial charge in [-0.3, -0.25) is 0 Å². The van der Waals surface area contributed by atoms with Gasteiger partial charge in [0.15, 0.2) is 0 Å². The van der Waals surface area contributed by atoms with E-state index >= 15 is 0 Å². The molecule has 1 aromatic rings. The van der Waals surface area contributed by atoms with Crippen LogP contribution in [0.4, 0.5) is 5.69 Å². The second-order valence-corrected chi connectivity index (χ2v) is 3.72. The van der Waals surface area contributed by atoms with E-state index in [4.69, 9.17) is 4.74 Å². The lowest BCUT2D eigenvalue weighted by Crippen LogP contribution is -2.25. The molecule has 0 saturated heterocycles. The highest BCUT2D eigenvalue weighted by atomic mass is 16.5. The van der Waals surface area contributed by atoms with E-state index in [9.17, 15) is 4.79 Å². The highest BCUT2D eigenvalue weighted by molar-refractivity contribution is 5.95. The molecule has 3 nitrogen and oxygen atoms in total. The van der Waals surface area contributed by atoms with E-state index in [-0.39, 0.29) is 5.97 Å². The van der Waals surface area contributed by atoms with Gasteiger partial charge in [0, 0.05) is 13.1 Å². The van der Waals surface area contributed by atoms with Crippen LogP contribution < -0.4 is 4.90 Å². The summed E-state index contributed by atoms with van der Waals surface area (Å²) in [5.74, 6) is -0.300. The van der Waals surface area contributed by atoms with Crippen molar-refractivity contribution in [2.24, 2.45) is 0 Å². The Bertz CT molecular complexity index is 416. The maximum atomic E-state index is 11.9. The van der Waals surface area contributed by atoms with Gasteiger partial charge < -0.3 is 9.64 Å². The van der Waals surface area contributed by atoms with E-state index < -0.39 is 0 Å². The quantitative estimate of drug-likeness (QED) is 0.546. The Labute approximate surface area is 108 Å². The van der Waals surface area contributed by atoms with E-state index in [2.05, 4.69) is 13.2 Å². The SMILES string of the molecule is C=CCN(CC=C)c1ccccc1C(=O)OCC. The van der Waals surface area contributed by atoms with E-state index in [1.54, 1.807) is 25.1 Å². The molecule has 0 N–H and O–H groups in total. The molecule has 0 amide bonds. The second kappa shape index (κ2) is 7.33. The molecule has 1 aromatic carbocycles. The maximum Gasteiger partial charge on any atom is 0.340 e. The Hall–Kier alpha value is -2.03. The van der Waals surface area contributed by atoms with Crippen LogP contribution in [0.2, 0.25) is 0 Å². The first-order chi connectivity index (χ1) is 8.74. The molecule has 0 spiro atoms. The number of ether oxygens (including phenoxy) is 1. The van der Waals surface area contributed by atoms with Crippen molar-refractivity contribution in [3.05, 3.63) is 55.1 Å². The number of benzene rings is 1.